The Kier molecular flexibility index (Phi) is 27.2. The number of carbonyl (C=O) groups excluding carboxylic acids is 2. The number of benzene rings is 6. The van der Waals surface area contributed by atoms with E-state index in [-0.39, 0.29) is 52.3 Å². The van der Waals surface area contributed by atoms with Crippen LogP contribution in [-0.4, -0.2) is 218 Å². The van der Waals surface area contributed by atoms with Crippen molar-refractivity contribution >= 4 is 85.8 Å². The number of ether oxygens (including phenoxy) is 1. The number of rotatable bonds is 34. The maximum atomic E-state index is 14.3. The second-order valence-corrected chi connectivity index (χ2v) is 51.0. The first-order valence-corrected chi connectivity index (χ1v) is 52.7. The first-order chi connectivity index (χ1) is 59.2. The monoisotopic (exact) mass is 1850 g/mol. The van der Waals surface area contributed by atoms with Crippen LogP contribution in [0.3, 0.4) is 0 Å². The fraction of sp³-hybridized carbons (Fsp3) is 0.567. The zero-order valence-corrected chi connectivity index (χ0v) is 78.8. The molecule has 126 heavy (non-hydrogen) atoms. The Balaban J connectivity index is 0.000000195. The van der Waals surface area contributed by atoms with E-state index in [0.717, 1.165) is 144 Å². The molecule has 4 saturated heterocycles. The largest absolute Gasteiger partial charge is 0.501 e. The van der Waals surface area contributed by atoms with Crippen LogP contribution in [0.4, 0.5) is 37.7 Å². The van der Waals surface area contributed by atoms with Crippen molar-refractivity contribution in [1.29, 1.82) is 0 Å². The standard InChI is InChI=1S/C50H62F3N3O6S3.C47H60F3N3O5S3/c1-46(2)17-15-43(49-29-47(3,30-49)31-49)39(25-46)26-54-19-21-56(22-20-54)40-12-9-37(10-13-40)44(57)28-64(58,59)42-14-11-38(45(24-42)65(60,61)50(51,52)53)23-36(27-63-41-7-5-4-6-8-41)16-18-55-32-48(33-55)34-62-35-48;1-44(2)19-17-41(46-31-45(3,32-46)33-46)37(27-44)28-52-21-23-53(24-22-52)38-14-11-35(12-15-38)42(54)30-60(55,56)40-16-13-36(43(26-40)61(57,58)47(48,49)50)25-34(18-20-51(4)5)29-59-39-9-7-6-8-10-39/h4-14,24,36H,15-23,25-35H2,1-3H3;6-16,26,34H,17-25,27-33H2,1-5H3/t36-,47?,49?;34-,45?,46?/m00/s1. The molecule has 8 aliphatic carbocycles. The van der Waals surface area contributed by atoms with Crippen molar-refractivity contribution in [1.82, 2.24) is 19.6 Å². The van der Waals surface area contributed by atoms with Crippen molar-refractivity contribution in [3.8, 4) is 0 Å². The Morgan fingerprint density at radius 2 is 0.849 bits per heavy atom. The van der Waals surface area contributed by atoms with Crippen LogP contribution in [0.15, 0.2) is 197 Å². The number of allylic oxidation sites excluding steroid dienone is 2. The van der Waals surface area contributed by atoms with E-state index in [1.54, 1.807) is 82.6 Å². The van der Waals surface area contributed by atoms with Gasteiger partial charge in [0.2, 0.25) is 0 Å². The average molecular weight is 1850 g/mol. The van der Waals surface area contributed by atoms with E-state index < -0.39 is 93.0 Å². The van der Waals surface area contributed by atoms with Gasteiger partial charge in [0.25, 0.3) is 19.7 Å². The fourth-order valence-electron chi connectivity index (χ4n) is 22.5. The fourth-order valence-corrected chi connectivity index (χ4v) is 29.3. The van der Waals surface area contributed by atoms with Crippen LogP contribution in [0.1, 0.15) is 163 Å². The quantitative estimate of drug-likeness (QED) is 0.0160. The van der Waals surface area contributed by atoms with Gasteiger partial charge in [0.15, 0.2) is 31.2 Å². The van der Waals surface area contributed by atoms with E-state index in [0.29, 0.717) is 82.1 Å². The Labute approximate surface area is 750 Å². The molecule has 12 aliphatic rings. The highest BCUT2D eigenvalue weighted by Gasteiger charge is 2.68. The van der Waals surface area contributed by atoms with Gasteiger partial charge in [-0.3, -0.25) is 19.4 Å². The summed E-state index contributed by atoms with van der Waals surface area (Å²) in [5, 5.41) is 0. The van der Waals surface area contributed by atoms with E-state index in [1.807, 2.05) is 79.7 Å². The Morgan fingerprint density at radius 3 is 1.19 bits per heavy atom. The normalized spacial score (nSPS) is 24.8. The van der Waals surface area contributed by atoms with Crippen molar-refractivity contribution in [3.63, 3.8) is 0 Å². The zero-order valence-electron chi connectivity index (χ0n) is 73.9. The lowest BCUT2D eigenvalue weighted by Crippen LogP contribution is -2.65. The predicted octanol–water partition coefficient (Wildman–Crippen LogP) is 18.5. The minimum atomic E-state index is -5.95. The van der Waals surface area contributed by atoms with Crippen LogP contribution in [0.2, 0.25) is 0 Å². The molecule has 18 rings (SSSR count). The molecule has 1 spiro atoms. The second kappa shape index (κ2) is 36.3. The van der Waals surface area contributed by atoms with Crippen LogP contribution in [0.25, 0.3) is 0 Å². The molecule has 6 saturated carbocycles. The summed E-state index contributed by atoms with van der Waals surface area (Å²) in [6.45, 7) is 27.9. The summed E-state index contributed by atoms with van der Waals surface area (Å²) in [5.74, 6) is -2.95. The summed E-state index contributed by atoms with van der Waals surface area (Å²) < 4.78 is 197. The van der Waals surface area contributed by atoms with Crippen LogP contribution < -0.4 is 9.80 Å². The van der Waals surface area contributed by atoms with Gasteiger partial charge in [-0.2, -0.15) is 26.3 Å². The molecule has 17 nitrogen and oxygen atoms in total. The van der Waals surface area contributed by atoms with Crippen molar-refractivity contribution in [2.45, 2.75) is 185 Å². The van der Waals surface area contributed by atoms with Crippen molar-refractivity contribution in [2.75, 3.05) is 152 Å². The molecule has 0 unspecified atom stereocenters. The summed E-state index contributed by atoms with van der Waals surface area (Å²) in [4.78, 5) is 39.2. The van der Waals surface area contributed by atoms with E-state index in [2.05, 4.69) is 66.0 Å². The zero-order chi connectivity index (χ0) is 90.1. The molecule has 684 valence electrons. The third-order valence-electron chi connectivity index (χ3n) is 28.8. The molecule has 6 aromatic carbocycles. The summed E-state index contributed by atoms with van der Waals surface area (Å²) in [5.41, 5.74) is 0.370. The van der Waals surface area contributed by atoms with E-state index in [9.17, 15) is 69.6 Å². The van der Waals surface area contributed by atoms with Gasteiger partial charge < -0.3 is 24.3 Å². The van der Waals surface area contributed by atoms with Crippen LogP contribution in [0.5, 0.6) is 0 Å². The number of halogens is 6. The molecule has 29 heteroatoms. The molecule has 0 aromatic heterocycles. The molecular formula is C97H122F6N6O11S6. The van der Waals surface area contributed by atoms with Crippen LogP contribution >= 0.6 is 23.5 Å². The number of Topliss-reactive ketones (excluding diaryl/α,β-unsaturated/α-hetero) is 2. The third kappa shape index (κ3) is 21.1. The third-order valence-corrected chi connectivity index (χ3v) is 37.6. The predicted molar refractivity (Wildman–Crippen MR) is 487 cm³/mol. The van der Waals surface area contributed by atoms with Gasteiger partial charge in [-0.05, 0) is 282 Å². The number of sulfone groups is 4. The number of anilines is 2. The van der Waals surface area contributed by atoms with Crippen LogP contribution in [0, 0.1) is 49.7 Å². The molecule has 10 fully saturated rings. The number of ketones is 2. The first kappa shape index (κ1) is 94.3. The molecule has 4 aliphatic heterocycles. The van der Waals surface area contributed by atoms with Gasteiger partial charge >= 0.3 is 11.0 Å². The summed E-state index contributed by atoms with van der Waals surface area (Å²) in [7, 11) is -17.2. The molecule has 0 radical (unpaired) electrons. The van der Waals surface area contributed by atoms with E-state index >= 15 is 0 Å². The van der Waals surface area contributed by atoms with Crippen molar-refractivity contribution < 1.29 is 74.3 Å². The highest BCUT2D eigenvalue weighted by molar-refractivity contribution is 7.99. The Morgan fingerprint density at radius 1 is 0.476 bits per heavy atom. The topological polar surface area (TPSA) is 199 Å². The second-order valence-electron chi connectivity index (χ2n) is 41.0. The average Bonchev–Trinajstić information content (AvgIpc) is 0.678. The lowest BCUT2D eigenvalue weighted by Gasteiger charge is -2.72. The maximum absolute atomic E-state index is 14.3. The highest BCUT2D eigenvalue weighted by atomic mass is 32.2. The minimum Gasteiger partial charge on any atom is -0.380 e. The van der Waals surface area contributed by atoms with Gasteiger partial charge in [0.05, 0.1) is 32.8 Å². The number of likely N-dealkylation sites (tertiary alicyclic amines) is 1. The molecule has 6 aromatic rings. The lowest BCUT2D eigenvalue weighted by molar-refractivity contribution is -0.189. The van der Waals surface area contributed by atoms with E-state index in [4.69, 9.17) is 4.74 Å². The number of hydrogen-bond donors (Lipinski definition) is 0. The number of piperazine rings is 2. The van der Waals surface area contributed by atoms with Crippen molar-refractivity contribution in [2.24, 2.45) is 49.7 Å². The molecular weight excluding hydrogens is 1730 g/mol. The number of alkyl halides is 6. The van der Waals surface area contributed by atoms with Gasteiger partial charge in [-0.15, -0.1) is 23.5 Å². The van der Waals surface area contributed by atoms with Crippen LogP contribution in [-0.2, 0) is 56.9 Å². The summed E-state index contributed by atoms with van der Waals surface area (Å²) >= 11 is 3.06. The highest BCUT2D eigenvalue weighted by Crippen LogP contribution is 2.78. The van der Waals surface area contributed by atoms with Gasteiger partial charge in [0.1, 0.15) is 11.5 Å². The number of nitrogens with zero attached hydrogens (tertiary/aromatic N) is 6. The molecule has 4 heterocycles. The first-order valence-electron chi connectivity index (χ1n) is 44.5. The molecule has 4 bridgehead atoms. The Hall–Kier alpha value is -6.38. The number of carbonyl (C=O) groups is 2. The van der Waals surface area contributed by atoms with Crippen molar-refractivity contribution in [3.05, 3.63) is 190 Å². The summed E-state index contributed by atoms with van der Waals surface area (Å²) in [6, 6.07) is 38.4. The smallest absolute Gasteiger partial charge is 0.380 e. The maximum Gasteiger partial charge on any atom is 0.501 e. The van der Waals surface area contributed by atoms with E-state index in [1.165, 1.54) is 82.0 Å². The SMILES string of the molecule is CC1(C)CCC(C23CC(C)(C2)C3)=C(CN2CCN(c3ccc(C(=O)CS(=O)(=O)c4ccc(C[C@H](CCN5CC6(COC6)C5)CSc5ccccc5)c(S(=O)(=O)C(F)(F)F)c4)cc3)CC2)C1.CN(C)CC[C@H](CSc1ccccc1)Cc1ccc(S(=O)(=O)CC(=O)c2ccc(N3CCN(CC4=C(C56CC(C)(C5)C6)CCC(C)(C)C4)CC3)cc2)cc1S(=O)(=O)C(F)(F)F. The molecule has 0 amide bonds. The van der Waals surface area contributed by atoms with Gasteiger partial charge in [0, 0.05) is 128 Å². The number of thioether (sulfide) groups is 2. The summed E-state index contributed by atoms with van der Waals surface area (Å²) in [6.07, 6.45) is 16.6. The van der Waals surface area contributed by atoms with Gasteiger partial charge in [-0.1, -0.05) is 112 Å². The molecule has 0 N–H and O–H groups in total. The molecule has 2 atom stereocenters. The lowest BCUT2D eigenvalue weighted by atomic mass is 9.33. The van der Waals surface area contributed by atoms with Gasteiger partial charge in [-0.25, -0.2) is 33.7 Å². The minimum absolute atomic E-state index is 0.00914. The number of hydrogen-bond acceptors (Lipinski definition) is 19. The Bertz CT molecular complexity index is 5510.